The monoisotopic (exact) mass is 272 g/mol. The Kier molecular flexibility index (Phi) is 1.88. The fourth-order valence-electron chi connectivity index (χ4n) is 1.08. The van der Waals surface area contributed by atoms with Gasteiger partial charge in [0.15, 0.2) is 5.76 Å². The van der Waals surface area contributed by atoms with Crippen molar-refractivity contribution in [2.75, 3.05) is 0 Å². The summed E-state index contributed by atoms with van der Waals surface area (Å²) in [6.07, 6.45) is 0. The second-order valence-electron chi connectivity index (χ2n) is 2.42. The van der Waals surface area contributed by atoms with Gasteiger partial charge in [0.1, 0.15) is 5.58 Å². The van der Waals surface area contributed by atoms with E-state index in [0.717, 1.165) is 11.0 Å². The minimum Gasteiger partial charge on any atom is -0.452 e. The third-order valence-electron chi connectivity index (χ3n) is 1.62. The Morgan fingerprint density at radius 2 is 2.08 bits per heavy atom. The van der Waals surface area contributed by atoms with Crippen molar-refractivity contribution in [2.45, 2.75) is 0 Å². The zero-order valence-corrected chi connectivity index (χ0v) is 8.24. The molecule has 1 heterocycles. The molecule has 0 aliphatic carbocycles. The van der Waals surface area contributed by atoms with Crippen LogP contribution in [0.15, 0.2) is 34.7 Å². The SMILES string of the molecule is O=C(I)c1cc2ccccc2o1. The molecule has 0 N–H and O–H groups in total. The summed E-state index contributed by atoms with van der Waals surface area (Å²) in [5, 5.41) is 0.970. The molecule has 0 atom stereocenters. The van der Waals surface area contributed by atoms with Gasteiger partial charge in [-0.3, -0.25) is 4.79 Å². The highest BCUT2D eigenvalue weighted by Gasteiger charge is 2.07. The predicted molar refractivity (Wildman–Crippen MR) is 54.6 cm³/mol. The molecule has 60 valence electrons. The topological polar surface area (TPSA) is 30.2 Å². The van der Waals surface area contributed by atoms with E-state index >= 15 is 0 Å². The Bertz CT molecular complexity index is 398. The molecule has 1 aromatic carbocycles. The number of hydrogen-bond donors (Lipinski definition) is 0. The van der Waals surface area contributed by atoms with Crippen LogP contribution in [0.3, 0.4) is 0 Å². The maximum Gasteiger partial charge on any atom is 0.257 e. The van der Waals surface area contributed by atoms with Crippen LogP contribution in [-0.2, 0) is 0 Å². The highest BCUT2D eigenvalue weighted by Crippen LogP contribution is 2.20. The molecule has 0 fully saturated rings. The molecule has 0 amide bonds. The van der Waals surface area contributed by atoms with Crippen molar-refractivity contribution in [1.29, 1.82) is 0 Å². The quantitative estimate of drug-likeness (QED) is 0.590. The number of fused-ring (bicyclic) bond motifs is 1. The third kappa shape index (κ3) is 1.24. The molecule has 2 nitrogen and oxygen atoms in total. The molecule has 1 aromatic heterocycles. The summed E-state index contributed by atoms with van der Waals surface area (Å²) >= 11 is 1.71. The van der Waals surface area contributed by atoms with Gasteiger partial charge in [-0.05, 0) is 12.1 Å². The predicted octanol–water partition coefficient (Wildman–Crippen LogP) is 3.01. The van der Waals surface area contributed by atoms with Gasteiger partial charge in [-0.25, -0.2) is 0 Å². The molecule has 0 aliphatic rings. The van der Waals surface area contributed by atoms with Crippen LogP contribution in [0.2, 0.25) is 0 Å². The molecule has 0 spiro atoms. The number of halogens is 1. The Balaban J connectivity index is 2.70. The zero-order valence-electron chi connectivity index (χ0n) is 6.08. The lowest BCUT2D eigenvalue weighted by atomic mass is 10.2. The number of furan rings is 1. The van der Waals surface area contributed by atoms with Crippen molar-refractivity contribution in [3.05, 3.63) is 36.1 Å². The van der Waals surface area contributed by atoms with Crippen molar-refractivity contribution >= 4 is 37.4 Å². The molecule has 0 aliphatic heterocycles. The smallest absolute Gasteiger partial charge is 0.257 e. The summed E-state index contributed by atoms with van der Waals surface area (Å²) < 4.78 is 5.21. The van der Waals surface area contributed by atoms with Crippen molar-refractivity contribution in [2.24, 2.45) is 0 Å². The Morgan fingerprint density at radius 3 is 2.75 bits per heavy atom. The summed E-state index contributed by atoms with van der Waals surface area (Å²) in [6, 6.07) is 9.32. The van der Waals surface area contributed by atoms with Gasteiger partial charge in [0.2, 0.25) is 0 Å². The van der Waals surface area contributed by atoms with Crippen molar-refractivity contribution < 1.29 is 9.21 Å². The Morgan fingerprint density at radius 1 is 1.33 bits per heavy atom. The van der Waals surface area contributed by atoms with Gasteiger partial charge in [0.25, 0.3) is 3.79 Å². The highest BCUT2D eigenvalue weighted by molar-refractivity contribution is 14.1. The number of rotatable bonds is 1. The standard InChI is InChI=1S/C9H5IO2/c10-9(11)8-5-6-3-1-2-4-7(6)12-8/h1-5H. The maximum absolute atomic E-state index is 10.9. The van der Waals surface area contributed by atoms with Gasteiger partial charge in [-0.1, -0.05) is 18.2 Å². The van der Waals surface area contributed by atoms with E-state index in [2.05, 4.69) is 0 Å². The number of hydrogen-bond acceptors (Lipinski definition) is 2. The second-order valence-corrected chi connectivity index (χ2v) is 3.40. The third-order valence-corrected chi connectivity index (χ3v) is 2.15. The Hall–Kier alpha value is -0.840. The average molecular weight is 272 g/mol. The maximum atomic E-state index is 10.9. The molecule has 0 unspecified atom stereocenters. The zero-order chi connectivity index (χ0) is 8.55. The van der Waals surface area contributed by atoms with E-state index in [0.29, 0.717) is 5.76 Å². The first-order valence-electron chi connectivity index (χ1n) is 3.46. The largest absolute Gasteiger partial charge is 0.452 e. The Labute approximate surface area is 82.7 Å². The highest BCUT2D eigenvalue weighted by atomic mass is 127. The lowest BCUT2D eigenvalue weighted by molar-refractivity contribution is 0.108. The molecule has 2 rings (SSSR count). The lowest BCUT2D eigenvalue weighted by Gasteiger charge is -1.83. The molecule has 12 heavy (non-hydrogen) atoms. The van der Waals surface area contributed by atoms with Crippen LogP contribution in [0.25, 0.3) is 11.0 Å². The van der Waals surface area contributed by atoms with Crippen LogP contribution in [0.1, 0.15) is 10.6 Å². The van der Waals surface area contributed by atoms with Crippen LogP contribution >= 0.6 is 22.6 Å². The minimum absolute atomic E-state index is 0.0659. The van der Waals surface area contributed by atoms with Crippen molar-refractivity contribution in [3.8, 4) is 0 Å². The summed E-state index contributed by atoms with van der Waals surface area (Å²) in [5.41, 5.74) is 0.762. The molecule has 2 aromatic rings. The summed E-state index contributed by atoms with van der Waals surface area (Å²) in [5.74, 6) is 0.414. The molecule has 3 heteroatoms. The van der Waals surface area contributed by atoms with Gasteiger partial charge in [-0.15, -0.1) is 0 Å². The van der Waals surface area contributed by atoms with Crippen LogP contribution in [0, 0.1) is 0 Å². The minimum atomic E-state index is -0.0659. The van der Waals surface area contributed by atoms with Crippen molar-refractivity contribution in [3.63, 3.8) is 0 Å². The van der Waals surface area contributed by atoms with Gasteiger partial charge in [-0.2, -0.15) is 0 Å². The molecule has 0 bridgehead atoms. The van der Waals surface area contributed by atoms with E-state index in [1.54, 1.807) is 28.7 Å². The van der Waals surface area contributed by atoms with E-state index in [1.165, 1.54) is 0 Å². The first-order chi connectivity index (χ1) is 5.77. The molecule has 0 saturated carbocycles. The van der Waals surface area contributed by atoms with Crippen LogP contribution < -0.4 is 0 Å². The number of carbonyl (C=O) groups excluding carboxylic acids is 1. The van der Waals surface area contributed by atoms with E-state index < -0.39 is 0 Å². The molecule has 0 saturated heterocycles. The first kappa shape index (κ1) is 7.79. The fourth-order valence-corrected chi connectivity index (χ4v) is 1.34. The molecular weight excluding hydrogens is 267 g/mol. The summed E-state index contributed by atoms with van der Waals surface area (Å²) in [4.78, 5) is 10.9. The summed E-state index contributed by atoms with van der Waals surface area (Å²) in [7, 11) is 0. The van der Waals surface area contributed by atoms with E-state index in [-0.39, 0.29) is 3.79 Å². The second kappa shape index (κ2) is 2.90. The van der Waals surface area contributed by atoms with Gasteiger partial charge >= 0.3 is 0 Å². The van der Waals surface area contributed by atoms with Crippen LogP contribution in [0.4, 0.5) is 0 Å². The van der Waals surface area contributed by atoms with E-state index in [1.807, 2.05) is 24.3 Å². The van der Waals surface area contributed by atoms with Crippen LogP contribution in [-0.4, -0.2) is 3.79 Å². The number of carbonyl (C=O) groups is 1. The normalized spacial score (nSPS) is 10.4. The fraction of sp³-hybridized carbons (Fsp3) is 0. The molecule has 0 radical (unpaired) electrons. The summed E-state index contributed by atoms with van der Waals surface area (Å²) in [6.45, 7) is 0. The van der Waals surface area contributed by atoms with E-state index in [4.69, 9.17) is 4.42 Å². The van der Waals surface area contributed by atoms with Gasteiger partial charge < -0.3 is 4.42 Å². The molecular formula is C9H5IO2. The van der Waals surface area contributed by atoms with Crippen LogP contribution in [0.5, 0.6) is 0 Å². The van der Waals surface area contributed by atoms with Crippen molar-refractivity contribution in [1.82, 2.24) is 0 Å². The lowest BCUT2D eigenvalue weighted by Crippen LogP contribution is -1.79. The van der Waals surface area contributed by atoms with E-state index in [9.17, 15) is 4.79 Å². The van der Waals surface area contributed by atoms with Gasteiger partial charge in [0, 0.05) is 28.0 Å². The average Bonchev–Trinajstić information content (AvgIpc) is 2.46. The first-order valence-corrected chi connectivity index (χ1v) is 4.53. The number of para-hydroxylation sites is 1. The number of benzene rings is 1. The van der Waals surface area contributed by atoms with Gasteiger partial charge in [0.05, 0.1) is 0 Å².